The lowest BCUT2D eigenvalue weighted by atomic mass is 10.1. The highest BCUT2D eigenvalue weighted by Gasteiger charge is 2.22. The third-order valence-electron chi connectivity index (χ3n) is 3.35. The summed E-state index contributed by atoms with van der Waals surface area (Å²) in [5.41, 5.74) is -0.0691. The molecule has 2 N–H and O–H groups in total. The summed E-state index contributed by atoms with van der Waals surface area (Å²) in [6.07, 6.45) is 4.36. The van der Waals surface area contributed by atoms with Crippen molar-refractivity contribution in [1.29, 1.82) is 0 Å². The first kappa shape index (κ1) is 13.0. The molecule has 6 heteroatoms. The molecule has 1 fully saturated rings. The molecule has 6 nitrogen and oxygen atoms in total. The molecule has 100 valence electrons. The smallest absolute Gasteiger partial charge is 0.358 e. The zero-order valence-corrected chi connectivity index (χ0v) is 10.2. The highest BCUT2D eigenvalue weighted by atomic mass is 16.5. The van der Waals surface area contributed by atoms with E-state index in [0.29, 0.717) is 12.3 Å². The van der Waals surface area contributed by atoms with Gasteiger partial charge >= 0.3 is 5.97 Å². The summed E-state index contributed by atoms with van der Waals surface area (Å²) in [5, 5.41) is 21.6. The molecule has 2 heterocycles. The Hall–Kier alpha value is -1.40. The summed E-state index contributed by atoms with van der Waals surface area (Å²) in [7, 11) is 0. The molecular weight excluding hydrogens is 236 g/mol. The molecule has 0 amide bonds. The van der Waals surface area contributed by atoms with Crippen LogP contribution in [0.1, 0.15) is 41.9 Å². The summed E-state index contributed by atoms with van der Waals surface area (Å²) in [6, 6.07) is 1.58. The van der Waals surface area contributed by atoms with E-state index in [9.17, 15) is 9.90 Å². The van der Waals surface area contributed by atoms with Gasteiger partial charge in [0, 0.05) is 12.1 Å². The first-order valence-electron chi connectivity index (χ1n) is 6.24. The predicted molar refractivity (Wildman–Crippen MR) is 63.2 cm³/mol. The Morgan fingerprint density at radius 3 is 3.00 bits per heavy atom. The van der Waals surface area contributed by atoms with Crippen LogP contribution in [0.2, 0.25) is 0 Å². The molecule has 0 spiro atoms. The van der Waals surface area contributed by atoms with Gasteiger partial charge in [-0.3, -0.25) is 4.90 Å². The molecule has 2 rings (SSSR count). The second kappa shape index (κ2) is 5.97. The van der Waals surface area contributed by atoms with Crippen molar-refractivity contribution in [2.75, 3.05) is 13.2 Å². The molecule has 1 aliphatic rings. The molecule has 1 aromatic rings. The molecule has 18 heavy (non-hydrogen) atoms. The van der Waals surface area contributed by atoms with Crippen LogP contribution in [-0.2, 0) is 6.54 Å². The van der Waals surface area contributed by atoms with Gasteiger partial charge in [-0.1, -0.05) is 18.0 Å². The quantitative estimate of drug-likeness (QED) is 0.837. The Bertz CT molecular complexity index is 405. The molecule has 1 unspecified atom stereocenters. The van der Waals surface area contributed by atoms with Crippen LogP contribution in [0, 0.1) is 0 Å². The van der Waals surface area contributed by atoms with Gasteiger partial charge < -0.3 is 14.7 Å². The maximum absolute atomic E-state index is 10.7. The van der Waals surface area contributed by atoms with Gasteiger partial charge in [0.15, 0.2) is 11.5 Å². The second-order valence-electron chi connectivity index (χ2n) is 4.64. The number of carbonyl (C=O) groups is 1. The van der Waals surface area contributed by atoms with Gasteiger partial charge in [-0.15, -0.1) is 0 Å². The molecule has 0 bridgehead atoms. The van der Waals surface area contributed by atoms with Crippen LogP contribution in [0.3, 0.4) is 0 Å². The largest absolute Gasteiger partial charge is 0.476 e. The first-order valence-corrected chi connectivity index (χ1v) is 6.24. The van der Waals surface area contributed by atoms with Crippen molar-refractivity contribution < 1.29 is 19.5 Å². The van der Waals surface area contributed by atoms with Crippen molar-refractivity contribution in [2.24, 2.45) is 0 Å². The van der Waals surface area contributed by atoms with E-state index in [1.165, 1.54) is 12.5 Å². The van der Waals surface area contributed by atoms with E-state index in [2.05, 4.69) is 10.1 Å². The van der Waals surface area contributed by atoms with Gasteiger partial charge in [0.05, 0.1) is 13.2 Å². The molecular formula is C12H18N2O4. The summed E-state index contributed by atoms with van der Waals surface area (Å²) in [5.74, 6) is -0.549. The van der Waals surface area contributed by atoms with Crippen LogP contribution < -0.4 is 0 Å². The van der Waals surface area contributed by atoms with Crippen LogP contribution in [0.5, 0.6) is 0 Å². The van der Waals surface area contributed by atoms with Crippen LogP contribution in [0.15, 0.2) is 10.6 Å². The number of likely N-dealkylation sites (tertiary alicyclic amines) is 1. The molecule has 0 radical (unpaired) electrons. The monoisotopic (exact) mass is 254 g/mol. The third-order valence-corrected chi connectivity index (χ3v) is 3.35. The summed E-state index contributed by atoms with van der Waals surface area (Å²) in [4.78, 5) is 12.8. The molecule has 1 aromatic heterocycles. The molecule has 0 aliphatic carbocycles. The maximum atomic E-state index is 10.7. The van der Waals surface area contributed by atoms with Crippen molar-refractivity contribution in [3.63, 3.8) is 0 Å². The predicted octanol–water partition coefficient (Wildman–Crippen LogP) is 1.11. The minimum atomic E-state index is -1.08. The number of nitrogens with zero attached hydrogens (tertiary/aromatic N) is 2. The fourth-order valence-electron chi connectivity index (χ4n) is 2.34. The highest BCUT2D eigenvalue weighted by molar-refractivity contribution is 5.85. The van der Waals surface area contributed by atoms with Crippen molar-refractivity contribution in [3.05, 3.63) is 17.5 Å². The molecule has 0 saturated carbocycles. The number of aromatic nitrogens is 1. The molecule has 1 aliphatic heterocycles. The lowest BCUT2D eigenvalue weighted by molar-refractivity contribution is 0.0685. The van der Waals surface area contributed by atoms with E-state index in [0.717, 1.165) is 25.8 Å². The Labute approximate surface area is 105 Å². The van der Waals surface area contributed by atoms with Gasteiger partial charge in [0.25, 0.3) is 0 Å². The van der Waals surface area contributed by atoms with Crippen molar-refractivity contribution in [3.8, 4) is 0 Å². The Morgan fingerprint density at radius 1 is 1.50 bits per heavy atom. The zero-order chi connectivity index (χ0) is 13.0. The van der Waals surface area contributed by atoms with E-state index in [1.54, 1.807) is 0 Å². The van der Waals surface area contributed by atoms with Gasteiger partial charge in [-0.25, -0.2) is 4.79 Å². The number of hydrogen-bond acceptors (Lipinski definition) is 5. The number of aromatic carboxylic acids is 1. The Balaban J connectivity index is 2.02. The lowest BCUT2D eigenvalue weighted by Crippen LogP contribution is -2.36. The van der Waals surface area contributed by atoms with Crippen molar-refractivity contribution in [1.82, 2.24) is 10.1 Å². The van der Waals surface area contributed by atoms with E-state index >= 15 is 0 Å². The standard InChI is InChI=1S/C12H18N2O4/c15-8-9-4-2-1-3-5-14(9)7-10-6-11(12(16)17)13-18-10/h6,9,15H,1-5,7-8H2,(H,16,17). The number of carboxylic acid groups (broad SMARTS) is 1. The van der Waals surface area contributed by atoms with Gasteiger partial charge in [0.2, 0.25) is 0 Å². The zero-order valence-electron chi connectivity index (χ0n) is 10.2. The number of aliphatic hydroxyl groups is 1. The van der Waals surface area contributed by atoms with Gasteiger partial charge in [-0.05, 0) is 19.4 Å². The van der Waals surface area contributed by atoms with E-state index in [-0.39, 0.29) is 18.3 Å². The van der Waals surface area contributed by atoms with Crippen LogP contribution >= 0.6 is 0 Å². The fraction of sp³-hybridized carbons (Fsp3) is 0.667. The first-order chi connectivity index (χ1) is 8.70. The lowest BCUT2D eigenvalue weighted by Gasteiger charge is -2.27. The topological polar surface area (TPSA) is 86.8 Å². The summed E-state index contributed by atoms with van der Waals surface area (Å²) < 4.78 is 5.01. The van der Waals surface area contributed by atoms with E-state index in [1.807, 2.05) is 0 Å². The SMILES string of the molecule is O=C(O)c1cc(CN2CCCCCC2CO)on1. The van der Waals surface area contributed by atoms with Gasteiger partial charge in [-0.2, -0.15) is 0 Å². The third kappa shape index (κ3) is 3.08. The summed E-state index contributed by atoms with van der Waals surface area (Å²) >= 11 is 0. The maximum Gasteiger partial charge on any atom is 0.358 e. The van der Waals surface area contributed by atoms with Crippen LogP contribution in [-0.4, -0.2) is 45.4 Å². The van der Waals surface area contributed by atoms with Crippen LogP contribution in [0.4, 0.5) is 0 Å². The molecule has 0 aromatic carbocycles. The van der Waals surface area contributed by atoms with E-state index < -0.39 is 5.97 Å². The molecule has 1 atom stereocenters. The number of rotatable bonds is 4. The Morgan fingerprint density at radius 2 is 2.33 bits per heavy atom. The average Bonchev–Trinajstić information content (AvgIpc) is 2.70. The second-order valence-corrected chi connectivity index (χ2v) is 4.64. The number of carboxylic acids is 1. The van der Waals surface area contributed by atoms with Gasteiger partial charge in [0.1, 0.15) is 0 Å². The number of aliphatic hydroxyl groups excluding tert-OH is 1. The minimum Gasteiger partial charge on any atom is -0.476 e. The average molecular weight is 254 g/mol. The highest BCUT2D eigenvalue weighted by Crippen LogP contribution is 2.19. The normalized spacial score (nSPS) is 21.7. The van der Waals surface area contributed by atoms with E-state index in [4.69, 9.17) is 9.63 Å². The summed E-state index contributed by atoms with van der Waals surface area (Å²) in [6.45, 7) is 1.53. The van der Waals surface area contributed by atoms with Crippen molar-refractivity contribution in [2.45, 2.75) is 38.3 Å². The fourth-order valence-corrected chi connectivity index (χ4v) is 2.34. The van der Waals surface area contributed by atoms with Crippen molar-refractivity contribution >= 4 is 5.97 Å². The van der Waals surface area contributed by atoms with Crippen LogP contribution in [0.25, 0.3) is 0 Å². The number of hydrogen-bond donors (Lipinski definition) is 2. The minimum absolute atomic E-state index is 0.0691. The molecule has 1 saturated heterocycles. The Kier molecular flexibility index (Phi) is 4.33.